The Kier molecular flexibility index (Phi) is 7.74. The summed E-state index contributed by atoms with van der Waals surface area (Å²) in [5.41, 5.74) is 2.42. The highest BCUT2D eigenvalue weighted by atomic mass is 16.6. The molecule has 0 saturated heterocycles. The molecule has 1 aliphatic rings. The summed E-state index contributed by atoms with van der Waals surface area (Å²) < 4.78 is 12.2. The summed E-state index contributed by atoms with van der Waals surface area (Å²) in [6, 6.07) is 24.5. The summed E-state index contributed by atoms with van der Waals surface area (Å²) >= 11 is 0. The highest BCUT2D eigenvalue weighted by Gasteiger charge is 2.51. The Morgan fingerprint density at radius 1 is 0.919 bits per heavy atom. The minimum Gasteiger partial charge on any atom is -0.458 e. The van der Waals surface area contributed by atoms with E-state index in [1.165, 1.54) is 0 Å². The molecule has 0 aliphatic carbocycles. The number of nitrogens with zero attached hydrogens (tertiary/aromatic N) is 2. The van der Waals surface area contributed by atoms with Crippen LogP contribution in [0.2, 0.25) is 0 Å². The van der Waals surface area contributed by atoms with Gasteiger partial charge < -0.3 is 9.47 Å². The fourth-order valence-electron chi connectivity index (χ4n) is 4.90. The first-order valence-corrected chi connectivity index (χ1v) is 12.9. The van der Waals surface area contributed by atoms with Gasteiger partial charge in [0, 0.05) is 17.3 Å². The summed E-state index contributed by atoms with van der Waals surface area (Å²) in [5, 5.41) is 0. The first-order valence-electron chi connectivity index (χ1n) is 12.9. The quantitative estimate of drug-likeness (QED) is 0.295. The Hall–Kier alpha value is -3.57. The van der Waals surface area contributed by atoms with E-state index in [4.69, 9.17) is 19.5 Å². The molecular formula is C32H36N2O3. The van der Waals surface area contributed by atoms with Gasteiger partial charge in [-0.3, -0.25) is 4.99 Å². The van der Waals surface area contributed by atoms with Crippen LogP contribution < -0.4 is 0 Å². The third kappa shape index (κ3) is 5.72. The first kappa shape index (κ1) is 26.5. The van der Waals surface area contributed by atoms with Crippen molar-refractivity contribution in [1.29, 1.82) is 0 Å². The van der Waals surface area contributed by atoms with Gasteiger partial charge in [-0.05, 0) is 51.8 Å². The van der Waals surface area contributed by atoms with Crippen LogP contribution >= 0.6 is 0 Å². The Morgan fingerprint density at radius 3 is 2.14 bits per heavy atom. The van der Waals surface area contributed by atoms with E-state index in [-0.39, 0.29) is 6.61 Å². The minimum absolute atomic E-state index is 0.195. The van der Waals surface area contributed by atoms with Crippen molar-refractivity contribution in [2.24, 2.45) is 4.99 Å². The zero-order valence-electron chi connectivity index (χ0n) is 22.4. The van der Waals surface area contributed by atoms with Gasteiger partial charge in [-0.2, -0.15) is 0 Å². The molecule has 0 saturated carbocycles. The van der Waals surface area contributed by atoms with Crippen LogP contribution in [-0.2, 0) is 19.9 Å². The topological polar surface area (TPSA) is 60.8 Å². The molecule has 0 spiro atoms. The molecular weight excluding hydrogens is 460 g/mol. The van der Waals surface area contributed by atoms with Crippen LogP contribution in [0.15, 0.2) is 89.9 Å². The van der Waals surface area contributed by atoms with Crippen molar-refractivity contribution in [3.05, 3.63) is 90.6 Å². The Morgan fingerprint density at radius 2 is 1.57 bits per heavy atom. The average molecular weight is 497 g/mol. The fourth-order valence-corrected chi connectivity index (χ4v) is 4.90. The van der Waals surface area contributed by atoms with Crippen LogP contribution in [0.1, 0.15) is 53.2 Å². The molecule has 5 nitrogen and oxygen atoms in total. The van der Waals surface area contributed by atoms with Crippen LogP contribution in [0, 0.1) is 0 Å². The fraction of sp³-hybridized carbons (Fsp3) is 0.344. The Balaban J connectivity index is 1.87. The second kappa shape index (κ2) is 10.8. The highest BCUT2D eigenvalue weighted by molar-refractivity contribution is 5.81. The molecule has 4 rings (SSSR count). The predicted octanol–water partition coefficient (Wildman–Crippen LogP) is 7.17. The maximum Gasteiger partial charge on any atom is 0.332 e. The molecule has 0 fully saturated rings. The SMILES string of the molecule is CCCC(OCC(=O)OC(C)(C)C)(c1ccc(-c2ccccc2)c(-c2ccccc2)n1)C1(C)C=CC=N1. The lowest BCUT2D eigenvalue weighted by atomic mass is 9.75. The zero-order valence-corrected chi connectivity index (χ0v) is 22.4. The van der Waals surface area contributed by atoms with Crippen LogP contribution in [0.3, 0.4) is 0 Å². The summed E-state index contributed by atoms with van der Waals surface area (Å²) in [5.74, 6) is -0.410. The third-order valence-electron chi connectivity index (χ3n) is 6.57. The highest BCUT2D eigenvalue weighted by Crippen LogP contribution is 2.46. The third-order valence-corrected chi connectivity index (χ3v) is 6.57. The van der Waals surface area contributed by atoms with E-state index < -0.39 is 22.7 Å². The Labute approximate surface area is 220 Å². The molecule has 5 heteroatoms. The molecule has 2 aromatic carbocycles. The van der Waals surface area contributed by atoms with Gasteiger partial charge in [0.2, 0.25) is 0 Å². The van der Waals surface area contributed by atoms with Gasteiger partial charge in [0.05, 0.1) is 11.4 Å². The van der Waals surface area contributed by atoms with Crippen molar-refractivity contribution in [3.63, 3.8) is 0 Å². The maximum atomic E-state index is 12.8. The molecule has 2 unspecified atom stereocenters. The molecule has 0 amide bonds. The second-order valence-electron chi connectivity index (χ2n) is 10.6. The Bertz CT molecular complexity index is 1260. The van der Waals surface area contributed by atoms with E-state index in [9.17, 15) is 4.79 Å². The van der Waals surface area contributed by atoms with Gasteiger partial charge in [-0.1, -0.05) is 86.2 Å². The summed E-state index contributed by atoms with van der Waals surface area (Å²) in [7, 11) is 0. The lowest BCUT2D eigenvalue weighted by molar-refractivity contribution is -0.172. The standard InChI is InChI=1S/C32H36N2O3/c1-6-20-32(31(5)21-13-22-33-31,36-23-28(35)37-30(2,3)4)27-19-18-26(24-14-9-7-10-15-24)29(34-27)25-16-11-8-12-17-25/h7-19,21-22H,6,20,23H2,1-5H3. The minimum atomic E-state index is -0.971. The van der Waals surface area contributed by atoms with Gasteiger partial charge in [0.25, 0.3) is 0 Å². The molecule has 0 bridgehead atoms. The molecule has 0 N–H and O–H groups in total. The molecule has 192 valence electrons. The van der Waals surface area contributed by atoms with Crippen LogP contribution in [0.25, 0.3) is 22.4 Å². The van der Waals surface area contributed by atoms with Crippen molar-refractivity contribution >= 4 is 12.2 Å². The number of aliphatic imine (C=N–C) groups is 1. The number of aromatic nitrogens is 1. The molecule has 2 atom stereocenters. The molecule has 3 aromatic rings. The number of allylic oxidation sites excluding steroid dienone is 1. The largest absolute Gasteiger partial charge is 0.458 e. The number of esters is 1. The van der Waals surface area contributed by atoms with Gasteiger partial charge in [-0.15, -0.1) is 0 Å². The number of ether oxygens (including phenoxy) is 2. The van der Waals surface area contributed by atoms with Crippen molar-refractivity contribution in [3.8, 4) is 22.4 Å². The average Bonchev–Trinajstić information content (AvgIpc) is 3.34. The van der Waals surface area contributed by atoms with Crippen molar-refractivity contribution in [2.45, 2.75) is 64.2 Å². The summed E-state index contributed by atoms with van der Waals surface area (Å²) in [6.07, 6.45) is 7.19. The lowest BCUT2D eigenvalue weighted by Crippen LogP contribution is -2.50. The van der Waals surface area contributed by atoms with E-state index in [1.807, 2.05) is 82.3 Å². The van der Waals surface area contributed by atoms with E-state index >= 15 is 0 Å². The second-order valence-corrected chi connectivity index (χ2v) is 10.6. The van der Waals surface area contributed by atoms with Crippen LogP contribution in [0.5, 0.6) is 0 Å². The van der Waals surface area contributed by atoms with Crippen molar-refractivity contribution in [1.82, 2.24) is 4.98 Å². The molecule has 37 heavy (non-hydrogen) atoms. The molecule has 1 aromatic heterocycles. The van der Waals surface area contributed by atoms with Gasteiger partial charge in [-0.25, -0.2) is 9.78 Å². The normalized spacial score (nSPS) is 18.5. The number of rotatable bonds is 9. The summed E-state index contributed by atoms with van der Waals surface area (Å²) in [4.78, 5) is 22.8. The number of carbonyl (C=O) groups excluding carboxylic acids is 1. The van der Waals surface area contributed by atoms with E-state index in [0.29, 0.717) is 6.42 Å². The number of hydrogen-bond acceptors (Lipinski definition) is 5. The lowest BCUT2D eigenvalue weighted by Gasteiger charge is -2.43. The molecule has 2 heterocycles. The van der Waals surface area contributed by atoms with Crippen molar-refractivity contribution < 1.29 is 14.3 Å². The van der Waals surface area contributed by atoms with E-state index in [1.54, 1.807) is 6.21 Å². The van der Waals surface area contributed by atoms with Gasteiger partial charge in [0.1, 0.15) is 23.3 Å². The molecule has 1 aliphatic heterocycles. The number of carbonyl (C=O) groups is 1. The van der Waals surface area contributed by atoms with Crippen LogP contribution in [0.4, 0.5) is 0 Å². The van der Waals surface area contributed by atoms with E-state index in [2.05, 4.69) is 37.3 Å². The van der Waals surface area contributed by atoms with Crippen molar-refractivity contribution in [2.75, 3.05) is 6.61 Å². The number of pyridine rings is 1. The predicted molar refractivity (Wildman–Crippen MR) is 150 cm³/mol. The van der Waals surface area contributed by atoms with Crippen LogP contribution in [-0.4, -0.2) is 34.9 Å². The number of hydrogen-bond donors (Lipinski definition) is 0. The first-order chi connectivity index (χ1) is 17.7. The number of benzene rings is 2. The van der Waals surface area contributed by atoms with Gasteiger partial charge >= 0.3 is 5.97 Å². The van der Waals surface area contributed by atoms with E-state index in [0.717, 1.165) is 34.5 Å². The smallest absolute Gasteiger partial charge is 0.332 e. The monoisotopic (exact) mass is 496 g/mol. The maximum absolute atomic E-state index is 12.8. The molecule has 0 radical (unpaired) electrons. The van der Waals surface area contributed by atoms with Gasteiger partial charge in [0.15, 0.2) is 0 Å². The summed E-state index contributed by atoms with van der Waals surface area (Å²) in [6.45, 7) is 9.50. The zero-order chi connectivity index (χ0) is 26.5.